The standard InChI is InChI=1S/C23H17FN2O3/c24-18-14-8-7-13-17(18)20-19-21(29-26(20)16-11-5-2-6-12-16)23(28)25(22(19)27)15-9-3-1-4-10-15/h1-14,19-21H/t19-,20+,21-/m1/s1. The third-order valence-corrected chi connectivity index (χ3v) is 5.36. The van der Waals surface area contributed by atoms with Crippen LogP contribution in [0.2, 0.25) is 0 Å². The van der Waals surface area contributed by atoms with Crippen molar-refractivity contribution in [1.82, 2.24) is 0 Å². The number of hydrogen-bond donors (Lipinski definition) is 0. The fourth-order valence-corrected chi connectivity index (χ4v) is 4.08. The summed E-state index contributed by atoms with van der Waals surface area (Å²) in [7, 11) is 0. The summed E-state index contributed by atoms with van der Waals surface area (Å²) in [5, 5.41) is 1.49. The molecule has 2 aliphatic heterocycles. The van der Waals surface area contributed by atoms with Crippen molar-refractivity contribution in [2.75, 3.05) is 9.96 Å². The minimum Gasteiger partial charge on any atom is -0.273 e. The molecule has 0 N–H and O–H groups in total. The quantitative estimate of drug-likeness (QED) is 0.639. The number of hydroxylamine groups is 1. The number of amides is 2. The molecule has 2 aliphatic rings. The van der Waals surface area contributed by atoms with Crippen LogP contribution in [0.5, 0.6) is 0 Å². The molecule has 0 spiro atoms. The van der Waals surface area contributed by atoms with Crippen LogP contribution < -0.4 is 9.96 Å². The first-order valence-electron chi connectivity index (χ1n) is 9.35. The van der Waals surface area contributed by atoms with E-state index >= 15 is 0 Å². The van der Waals surface area contributed by atoms with Gasteiger partial charge in [-0.1, -0.05) is 54.6 Å². The van der Waals surface area contributed by atoms with Gasteiger partial charge in [0.15, 0.2) is 6.10 Å². The van der Waals surface area contributed by atoms with Crippen LogP contribution in [0.4, 0.5) is 15.8 Å². The van der Waals surface area contributed by atoms with Crippen molar-refractivity contribution >= 4 is 23.2 Å². The number of para-hydroxylation sites is 2. The first-order valence-corrected chi connectivity index (χ1v) is 9.35. The number of carbonyl (C=O) groups excluding carboxylic acids is 2. The molecular weight excluding hydrogens is 371 g/mol. The number of fused-ring (bicyclic) bond motifs is 1. The molecule has 0 bridgehead atoms. The van der Waals surface area contributed by atoms with Gasteiger partial charge < -0.3 is 0 Å². The Balaban J connectivity index is 1.62. The van der Waals surface area contributed by atoms with Crippen molar-refractivity contribution in [2.24, 2.45) is 5.92 Å². The third-order valence-electron chi connectivity index (χ3n) is 5.36. The van der Waals surface area contributed by atoms with Crippen molar-refractivity contribution in [1.29, 1.82) is 0 Å². The normalized spacial score (nSPS) is 23.6. The molecule has 29 heavy (non-hydrogen) atoms. The SMILES string of the molecule is O=C1[C@H]2[C@@H](ON(c3ccccc3)[C@H]2c2ccccc2F)C(=O)N1c1ccccc1. The van der Waals surface area contributed by atoms with Gasteiger partial charge >= 0.3 is 0 Å². The Kier molecular flexibility index (Phi) is 4.14. The Morgan fingerprint density at radius 1 is 0.724 bits per heavy atom. The minimum absolute atomic E-state index is 0.319. The summed E-state index contributed by atoms with van der Waals surface area (Å²) < 4.78 is 14.7. The molecule has 2 amide bonds. The zero-order chi connectivity index (χ0) is 20.0. The molecule has 144 valence electrons. The first kappa shape index (κ1) is 17.6. The van der Waals surface area contributed by atoms with Gasteiger partial charge in [-0.3, -0.25) is 14.4 Å². The maximum atomic E-state index is 14.7. The second-order valence-electron chi connectivity index (χ2n) is 7.03. The van der Waals surface area contributed by atoms with E-state index in [1.807, 2.05) is 24.3 Å². The summed E-state index contributed by atoms with van der Waals surface area (Å²) in [5.41, 5.74) is 1.46. The molecule has 5 rings (SSSR count). The van der Waals surface area contributed by atoms with Gasteiger partial charge in [0.05, 0.1) is 17.4 Å². The smallest absolute Gasteiger partial charge is 0.266 e. The van der Waals surface area contributed by atoms with Gasteiger partial charge in [0.2, 0.25) is 5.91 Å². The van der Waals surface area contributed by atoms with Crippen LogP contribution in [-0.2, 0) is 14.4 Å². The van der Waals surface area contributed by atoms with E-state index in [0.717, 1.165) is 4.90 Å². The lowest BCUT2D eigenvalue weighted by molar-refractivity contribution is -0.126. The molecule has 3 aromatic rings. The molecule has 0 aromatic heterocycles. The third kappa shape index (κ3) is 2.72. The summed E-state index contributed by atoms with van der Waals surface area (Å²) in [6.45, 7) is 0. The molecule has 6 heteroatoms. The van der Waals surface area contributed by atoms with Crippen LogP contribution in [0.1, 0.15) is 11.6 Å². The second kappa shape index (κ2) is 6.83. The largest absolute Gasteiger partial charge is 0.273 e. The van der Waals surface area contributed by atoms with Crippen molar-refractivity contribution in [3.8, 4) is 0 Å². The van der Waals surface area contributed by atoms with Crippen molar-refractivity contribution in [2.45, 2.75) is 12.1 Å². The highest BCUT2D eigenvalue weighted by atomic mass is 19.1. The van der Waals surface area contributed by atoms with Gasteiger partial charge in [0.25, 0.3) is 5.91 Å². The topological polar surface area (TPSA) is 49.9 Å². The predicted molar refractivity (Wildman–Crippen MR) is 105 cm³/mol. The van der Waals surface area contributed by atoms with E-state index in [4.69, 9.17) is 4.84 Å². The Morgan fingerprint density at radius 3 is 1.97 bits per heavy atom. The lowest BCUT2D eigenvalue weighted by Crippen LogP contribution is -2.37. The number of benzene rings is 3. The molecule has 0 radical (unpaired) electrons. The van der Waals surface area contributed by atoms with E-state index in [-0.39, 0.29) is 0 Å². The fourth-order valence-electron chi connectivity index (χ4n) is 4.08. The highest BCUT2D eigenvalue weighted by molar-refractivity contribution is 6.23. The highest BCUT2D eigenvalue weighted by Gasteiger charge is 2.60. The number of hydrogen-bond acceptors (Lipinski definition) is 4. The zero-order valence-electron chi connectivity index (χ0n) is 15.3. The number of carbonyl (C=O) groups is 2. The van der Waals surface area contributed by atoms with Gasteiger partial charge in [-0.2, -0.15) is 0 Å². The number of imide groups is 1. The van der Waals surface area contributed by atoms with Crippen molar-refractivity contribution in [3.63, 3.8) is 0 Å². The summed E-state index contributed by atoms with van der Waals surface area (Å²) >= 11 is 0. The Bertz CT molecular complexity index is 1070. The van der Waals surface area contributed by atoms with Gasteiger partial charge in [-0.25, -0.2) is 14.4 Å². The predicted octanol–water partition coefficient (Wildman–Crippen LogP) is 3.88. The van der Waals surface area contributed by atoms with E-state index in [2.05, 4.69) is 0 Å². The number of nitrogens with zero attached hydrogens (tertiary/aromatic N) is 2. The van der Waals surface area contributed by atoms with E-state index in [1.165, 1.54) is 11.1 Å². The van der Waals surface area contributed by atoms with Crippen LogP contribution in [-0.4, -0.2) is 17.9 Å². The lowest BCUT2D eigenvalue weighted by atomic mass is 9.90. The Labute approximate surface area is 166 Å². The molecule has 3 aromatic carbocycles. The Morgan fingerprint density at radius 2 is 1.31 bits per heavy atom. The first-order chi connectivity index (χ1) is 14.2. The van der Waals surface area contributed by atoms with Gasteiger partial charge in [-0.15, -0.1) is 0 Å². The van der Waals surface area contributed by atoms with Gasteiger partial charge in [-0.05, 0) is 30.3 Å². The molecule has 0 aliphatic carbocycles. The minimum atomic E-state index is -1.01. The average Bonchev–Trinajstić information content (AvgIpc) is 3.26. The summed E-state index contributed by atoms with van der Waals surface area (Å²) in [5.74, 6) is -2.12. The van der Waals surface area contributed by atoms with Crippen LogP contribution >= 0.6 is 0 Å². The van der Waals surface area contributed by atoms with Crippen LogP contribution in [0, 0.1) is 11.7 Å². The molecule has 2 heterocycles. The van der Waals surface area contributed by atoms with Crippen LogP contribution in [0.3, 0.4) is 0 Å². The summed E-state index contributed by atoms with van der Waals surface area (Å²) in [4.78, 5) is 33.6. The molecule has 2 fully saturated rings. The monoisotopic (exact) mass is 388 g/mol. The second-order valence-corrected chi connectivity index (χ2v) is 7.03. The lowest BCUT2D eigenvalue weighted by Gasteiger charge is -2.28. The van der Waals surface area contributed by atoms with Crippen molar-refractivity contribution in [3.05, 3.63) is 96.3 Å². The van der Waals surface area contributed by atoms with E-state index in [1.54, 1.807) is 54.6 Å². The van der Waals surface area contributed by atoms with Crippen molar-refractivity contribution < 1.29 is 18.8 Å². The van der Waals surface area contributed by atoms with E-state index in [0.29, 0.717) is 16.9 Å². The van der Waals surface area contributed by atoms with Gasteiger partial charge in [0.1, 0.15) is 11.7 Å². The molecule has 0 saturated carbocycles. The molecule has 3 atom stereocenters. The number of halogens is 1. The molecular formula is C23H17FN2O3. The number of rotatable bonds is 3. The average molecular weight is 388 g/mol. The number of anilines is 2. The fraction of sp³-hybridized carbons (Fsp3) is 0.130. The highest BCUT2D eigenvalue weighted by Crippen LogP contribution is 2.47. The maximum Gasteiger partial charge on any atom is 0.266 e. The van der Waals surface area contributed by atoms with Crippen LogP contribution in [0.15, 0.2) is 84.9 Å². The zero-order valence-corrected chi connectivity index (χ0v) is 15.3. The maximum absolute atomic E-state index is 14.7. The van der Waals surface area contributed by atoms with Crippen LogP contribution in [0.25, 0.3) is 0 Å². The molecule has 2 saturated heterocycles. The van der Waals surface area contributed by atoms with E-state index < -0.39 is 35.7 Å². The summed E-state index contributed by atoms with van der Waals surface area (Å²) in [6.07, 6.45) is -1.01. The summed E-state index contributed by atoms with van der Waals surface area (Å²) in [6, 6.07) is 23.4. The molecule has 0 unspecified atom stereocenters. The Hall–Kier alpha value is -3.51. The molecule has 5 nitrogen and oxygen atoms in total. The van der Waals surface area contributed by atoms with Gasteiger partial charge in [0, 0.05) is 5.56 Å². The van der Waals surface area contributed by atoms with E-state index in [9.17, 15) is 14.0 Å².